The highest BCUT2D eigenvalue weighted by Crippen LogP contribution is 2.26. The minimum absolute atomic E-state index is 0.0748. The van der Waals surface area contributed by atoms with Gasteiger partial charge < -0.3 is 24.6 Å². The standard InChI is InChI=1S/C20H22BrN3O5S/c1-28-13-3-4-14(15(11-13)29-2)20(27)24-9-7-23(8-10-24)18(25)12-22-19(26)16-5-6-17(21)30-16/h3-6,11H,7-10,12H2,1-2H3,(H,22,26). The Morgan fingerprint density at radius 1 is 1.03 bits per heavy atom. The van der Waals surface area contributed by atoms with Crippen molar-refractivity contribution in [1.82, 2.24) is 15.1 Å². The number of halogens is 1. The van der Waals surface area contributed by atoms with Crippen molar-refractivity contribution in [1.29, 1.82) is 0 Å². The third kappa shape index (κ3) is 5.11. The molecule has 3 amide bonds. The quantitative estimate of drug-likeness (QED) is 0.663. The van der Waals surface area contributed by atoms with Gasteiger partial charge in [-0.25, -0.2) is 0 Å². The smallest absolute Gasteiger partial charge is 0.261 e. The summed E-state index contributed by atoms with van der Waals surface area (Å²) in [6.07, 6.45) is 0. The van der Waals surface area contributed by atoms with Crippen LogP contribution in [0.1, 0.15) is 20.0 Å². The number of hydrogen-bond acceptors (Lipinski definition) is 6. The summed E-state index contributed by atoms with van der Waals surface area (Å²) in [6.45, 7) is 1.55. The summed E-state index contributed by atoms with van der Waals surface area (Å²) >= 11 is 4.62. The minimum Gasteiger partial charge on any atom is -0.497 e. The number of ether oxygens (including phenoxy) is 2. The topological polar surface area (TPSA) is 88.2 Å². The van der Waals surface area contributed by atoms with Crippen molar-refractivity contribution in [3.8, 4) is 11.5 Å². The van der Waals surface area contributed by atoms with Crippen LogP contribution in [0, 0.1) is 0 Å². The van der Waals surface area contributed by atoms with Gasteiger partial charge in [0.1, 0.15) is 11.5 Å². The number of piperazine rings is 1. The molecule has 2 aromatic rings. The SMILES string of the molecule is COc1ccc(C(=O)N2CCN(C(=O)CNC(=O)c3ccc(Br)s3)CC2)c(OC)c1. The number of methoxy groups -OCH3 is 2. The number of amides is 3. The van der Waals surface area contributed by atoms with Gasteiger partial charge in [-0.05, 0) is 40.2 Å². The van der Waals surface area contributed by atoms with E-state index >= 15 is 0 Å². The maximum atomic E-state index is 12.9. The van der Waals surface area contributed by atoms with Crippen LogP contribution in [0.25, 0.3) is 0 Å². The Morgan fingerprint density at radius 3 is 2.33 bits per heavy atom. The lowest BCUT2D eigenvalue weighted by molar-refractivity contribution is -0.131. The molecule has 0 saturated carbocycles. The predicted molar refractivity (Wildman–Crippen MR) is 116 cm³/mol. The first-order chi connectivity index (χ1) is 14.4. The molecular weight excluding hydrogens is 474 g/mol. The molecule has 0 unspecified atom stereocenters. The van der Waals surface area contributed by atoms with Gasteiger partial charge in [0.25, 0.3) is 11.8 Å². The van der Waals surface area contributed by atoms with Crippen LogP contribution in [-0.4, -0.2) is 74.5 Å². The van der Waals surface area contributed by atoms with Gasteiger partial charge in [-0.3, -0.25) is 14.4 Å². The third-order valence-corrected chi connectivity index (χ3v) is 6.38. The molecule has 1 saturated heterocycles. The maximum absolute atomic E-state index is 12.9. The second kappa shape index (κ2) is 9.94. The molecule has 3 rings (SSSR count). The molecule has 2 heterocycles. The number of carbonyl (C=O) groups excluding carboxylic acids is 3. The summed E-state index contributed by atoms with van der Waals surface area (Å²) in [5, 5.41) is 2.65. The third-order valence-electron chi connectivity index (χ3n) is 4.76. The second-order valence-electron chi connectivity index (χ2n) is 6.53. The van der Waals surface area contributed by atoms with Crippen molar-refractivity contribution in [3.63, 3.8) is 0 Å². The average Bonchev–Trinajstić information content (AvgIpc) is 3.22. The van der Waals surface area contributed by atoms with Crippen LogP contribution < -0.4 is 14.8 Å². The first-order valence-corrected chi connectivity index (χ1v) is 10.9. The van der Waals surface area contributed by atoms with Crippen molar-refractivity contribution >= 4 is 45.0 Å². The lowest BCUT2D eigenvalue weighted by atomic mass is 10.1. The molecule has 160 valence electrons. The van der Waals surface area contributed by atoms with Gasteiger partial charge in [-0.1, -0.05) is 0 Å². The van der Waals surface area contributed by atoms with Gasteiger partial charge in [-0.2, -0.15) is 0 Å². The number of hydrogen-bond donors (Lipinski definition) is 1. The van der Waals surface area contributed by atoms with Crippen molar-refractivity contribution in [2.24, 2.45) is 0 Å². The van der Waals surface area contributed by atoms with Crippen LogP contribution >= 0.6 is 27.3 Å². The van der Waals surface area contributed by atoms with E-state index in [0.29, 0.717) is 48.1 Å². The zero-order valence-electron chi connectivity index (χ0n) is 16.6. The van der Waals surface area contributed by atoms with Crippen LogP contribution in [0.3, 0.4) is 0 Å². The van der Waals surface area contributed by atoms with Gasteiger partial charge in [0.05, 0.1) is 35.0 Å². The Bertz CT molecular complexity index is 940. The van der Waals surface area contributed by atoms with Crippen LogP contribution in [0.4, 0.5) is 0 Å². The van der Waals surface area contributed by atoms with E-state index in [0.717, 1.165) is 3.79 Å². The molecule has 0 spiro atoms. The number of rotatable bonds is 6. The fraction of sp³-hybridized carbons (Fsp3) is 0.350. The molecule has 10 heteroatoms. The first-order valence-electron chi connectivity index (χ1n) is 9.25. The van der Waals surface area contributed by atoms with E-state index in [-0.39, 0.29) is 24.3 Å². The second-order valence-corrected chi connectivity index (χ2v) is 8.99. The normalized spacial score (nSPS) is 13.7. The molecule has 1 fully saturated rings. The highest BCUT2D eigenvalue weighted by Gasteiger charge is 2.26. The van der Waals surface area contributed by atoms with Crippen LogP contribution in [-0.2, 0) is 4.79 Å². The predicted octanol–water partition coefficient (Wildman–Crippen LogP) is 2.24. The number of carbonyl (C=O) groups is 3. The highest BCUT2D eigenvalue weighted by molar-refractivity contribution is 9.11. The van der Waals surface area contributed by atoms with Crippen molar-refractivity contribution in [2.75, 3.05) is 46.9 Å². The number of nitrogens with zero attached hydrogens (tertiary/aromatic N) is 2. The number of thiophene rings is 1. The molecule has 0 bridgehead atoms. The zero-order chi connectivity index (χ0) is 21.7. The highest BCUT2D eigenvalue weighted by atomic mass is 79.9. The monoisotopic (exact) mass is 495 g/mol. The van der Waals surface area contributed by atoms with E-state index in [1.54, 1.807) is 47.2 Å². The zero-order valence-corrected chi connectivity index (χ0v) is 19.0. The fourth-order valence-corrected chi connectivity index (χ4v) is 4.40. The summed E-state index contributed by atoms with van der Waals surface area (Å²) in [5.41, 5.74) is 0.451. The van der Waals surface area contributed by atoms with E-state index in [4.69, 9.17) is 9.47 Å². The van der Waals surface area contributed by atoms with E-state index in [2.05, 4.69) is 21.2 Å². The molecular formula is C20H22BrN3O5S. The molecule has 8 nitrogen and oxygen atoms in total. The van der Waals surface area contributed by atoms with Gasteiger partial charge in [0.15, 0.2) is 0 Å². The summed E-state index contributed by atoms with van der Waals surface area (Å²) in [7, 11) is 3.06. The minimum atomic E-state index is -0.278. The van der Waals surface area contributed by atoms with Gasteiger partial charge in [0, 0.05) is 32.2 Å². The van der Waals surface area contributed by atoms with Crippen molar-refractivity contribution < 1.29 is 23.9 Å². The molecule has 30 heavy (non-hydrogen) atoms. The molecule has 1 aliphatic heterocycles. The maximum Gasteiger partial charge on any atom is 0.261 e. The fourth-order valence-electron chi connectivity index (χ4n) is 3.10. The number of nitrogens with one attached hydrogen (secondary N) is 1. The Labute approximate surface area is 186 Å². The molecule has 1 aromatic carbocycles. The van der Waals surface area contributed by atoms with Crippen LogP contribution in [0.15, 0.2) is 34.1 Å². The van der Waals surface area contributed by atoms with Crippen molar-refractivity contribution in [2.45, 2.75) is 0 Å². The lowest BCUT2D eigenvalue weighted by Gasteiger charge is -2.35. The summed E-state index contributed by atoms with van der Waals surface area (Å²) in [6, 6.07) is 8.55. The van der Waals surface area contributed by atoms with E-state index in [1.807, 2.05) is 0 Å². The molecule has 0 radical (unpaired) electrons. The van der Waals surface area contributed by atoms with E-state index in [1.165, 1.54) is 18.4 Å². The summed E-state index contributed by atoms with van der Waals surface area (Å²) in [4.78, 5) is 41.3. The molecule has 0 atom stereocenters. The lowest BCUT2D eigenvalue weighted by Crippen LogP contribution is -2.52. The Hall–Kier alpha value is -2.59. The summed E-state index contributed by atoms with van der Waals surface area (Å²) < 4.78 is 11.3. The molecule has 1 aromatic heterocycles. The first kappa shape index (κ1) is 22.1. The Kier molecular flexibility index (Phi) is 7.33. The summed E-state index contributed by atoms with van der Waals surface area (Å²) in [5.74, 6) is 0.447. The molecule has 1 aliphatic rings. The molecule has 0 aliphatic carbocycles. The van der Waals surface area contributed by atoms with Crippen LogP contribution in [0.5, 0.6) is 11.5 Å². The molecule has 1 N–H and O–H groups in total. The Morgan fingerprint density at radius 2 is 1.73 bits per heavy atom. The van der Waals surface area contributed by atoms with Gasteiger partial charge >= 0.3 is 0 Å². The number of benzene rings is 1. The van der Waals surface area contributed by atoms with E-state index < -0.39 is 0 Å². The van der Waals surface area contributed by atoms with Gasteiger partial charge in [0.2, 0.25) is 5.91 Å². The van der Waals surface area contributed by atoms with Crippen molar-refractivity contribution in [3.05, 3.63) is 44.6 Å². The average molecular weight is 496 g/mol. The van der Waals surface area contributed by atoms with E-state index in [9.17, 15) is 14.4 Å². The van der Waals surface area contributed by atoms with Gasteiger partial charge in [-0.15, -0.1) is 11.3 Å². The van der Waals surface area contributed by atoms with Crippen LogP contribution in [0.2, 0.25) is 0 Å². The largest absolute Gasteiger partial charge is 0.497 e. The Balaban J connectivity index is 1.52.